The molecule has 2 aromatic rings. The van der Waals surface area contributed by atoms with E-state index in [4.69, 9.17) is 10.5 Å². The molecule has 0 spiro atoms. The third kappa shape index (κ3) is 3.51. The van der Waals surface area contributed by atoms with Crippen molar-refractivity contribution in [2.45, 2.75) is 12.8 Å². The van der Waals surface area contributed by atoms with Gasteiger partial charge in [-0.2, -0.15) is 4.37 Å². The molecule has 2 heterocycles. The van der Waals surface area contributed by atoms with E-state index in [1.165, 1.54) is 24.4 Å². The Balaban J connectivity index is 1.66. The second-order valence-corrected chi connectivity index (χ2v) is 6.18. The lowest BCUT2D eigenvalue weighted by Crippen LogP contribution is -2.22. The summed E-state index contributed by atoms with van der Waals surface area (Å²) >= 11 is 1.42. The summed E-state index contributed by atoms with van der Waals surface area (Å²) in [5, 5.41) is 1.07. The minimum absolute atomic E-state index is 0.564. The fourth-order valence-electron chi connectivity index (χ4n) is 2.17. The van der Waals surface area contributed by atoms with E-state index in [0.29, 0.717) is 5.82 Å². The standard InChI is InChI=1S/C15H20N4OS/c1-19(7-8-20-10-11-4-5-11)15-13(14(16)18-21-15)12-3-2-6-17-9-12/h2-3,6,9,11H,4-5,7-8,10H2,1H3,(H2,16,18). The highest BCUT2D eigenvalue weighted by atomic mass is 32.1. The molecule has 2 aromatic heterocycles. The van der Waals surface area contributed by atoms with Crippen molar-refractivity contribution >= 4 is 22.4 Å². The first-order valence-corrected chi connectivity index (χ1v) is 7.97. The Bertz CT molecular complexity index is 583. The van der Waals surface area contributed by atoms with Gasteiger partial charge in [0, 0.05) is 38.2 Å². The van der Waals surface area contributed by atoms with E-state index < -0.39 is 0 Å². The SMILES string of the molecule is CN(CCOCC1CC1)c1snc(N)c1-c1cccnc1. The Morgan fingerprint density at radius 3 is 3.05 bits per heavy atom. The Hall–Kier alpha value is -1.66. The number of ether oxygens (including phenoxy) is 1. The van der Waals surface area contributed by atoms with Gasteiger partial charge < -0.3 is 15.4 Å². The molecule has 0 saturated heterocycles. The number of nitrogens with two attached hydrogens (primary N) is 1. The minimum atomic E-state index is 0.564. The Morgan fingerprint density at radius 1 is 1.48 bits per heavy atom. The minimum Gasteiger partial charge on any atom is -0.382 e. The first-order valence-electron chi connectivity index (χ1n) is 7.20. The molecule has 0 aliphatic heterocycles. The van der Waals surface area contributed by atoms with Crippen LogP contribution in [-0.4, -0.2) is 36.2 Å². The number of nitrogen functional groups attached to an aromatic ring is 1. The van der Waals surface area contributed by atoms with Gasteiger partial charge in [0.1, 0.15) is 10.8 Å². The smallest absolute Gasteiger partial charge is 0.147 e. The van der Waals surface area contributed by atoms with Crippen LogP contribution < -0.4 is 10.6 Å². The highest BCUT2D eigenvalue weighted by Crippen LogP contribution is 2.38. The number of anilines is 2. The maximum absolute atomic E-state index is 6.03. The van der Waals surface area contributed by atoms with E-state index in [9.17, 15) is 0 Å². The van der Waals surface area contributed by atoms with Gasteiger partial charge in [0.25, 0.3) is 0 Å². The molecule has 2 N–H and O–H groups in total. The number of likely N-dealkylation sites (N-methyl/N-ethyl adjacent to an activating group) is 1. The molecule has 0 atom stereocenters. The van der Waals surface area contributed by atoms with Crippen molar-refractivity contribution in [1.29, 1.82) is 0 Å². The molecule has 0 amide bonds. The van der Waals surface area contributed by atoms with Crippen LogP contribution in [0, 0.1) is 5.92 Å². The Kier molecular flexibility index (Phi) is 4.36. The van der Waals surface area contributed by atoms with Crippen LogP contribution in [0.4, 0.5) is 10.8 Å². The highest BCUT2D eigenvalue weighted by Gasteiger charge is 2.21. The summed E-state index contributed by atoms with van der Waals surface area (Å²) in [6.07, 6.45) is 6.23. The zero-order chi connectivity index (χ0) is 14.7. The van der Waals surface area contributed by atoms with E-state index in [1.807, 2.05) is 25.4 Å². The van der Waals surface area contributed by atoms with Crippen LogP contribution >= 0.6 is 11.5 Å². The van der Waals surface area contributed by atoms with E-state index >= 15 is 0 Å². The van der Waals surface area contributed by atoms with Gasteiger partial charge in [0.05, 0.1) is 12.2 Å². The molecular weight excluding hydrogens is 284 g/mol. The summed E-state index contributed by atoms with van der Waals surface area (Å²) in [5.74, 6) is 1.37. The average Bonchev–Trinajstić information content (AvgIpc) is 3.25. The van der Waals surface area contributed by atoms with Crippen molar-refractivity contribution in [3.63, 3.8) is 0 Å². The molecule has 6 heteroatoms. The van der Waals surface area contributed by atoms with Crippen molar-refractivity contribution in [3.05, 3.63) is 24.5 Å². The zero-order valence-corrected chi connectivity index (χ0v) is 13.0. The number of aromatic nitrogens is 2. The second-order valence-electron chi connectivity index (χ2n) is 5.43. The summed E-state index contributed by atoms with van der Waals surface area (Å²) < 4.78 is 9.99. The molecule has 112 valence electrons. The predicted molar refractivity (Wildman–Crippen MR) is 86.6 cm³/mol. The molecule has 21 heavy (non-hydrogen) atoms. The normalized spacial score (nSPS) is 14.3. The topological polar surface area (TPSA) is 64.3 Å². The van der Waals surface area contributed by atoms with Gasteiger partial charge in [0.2, 0.25) is 0 Å². The van der Waals surface area contributed by atoms with Gasteiger partial charge >= 0.3 is 0 Å². The lowest BCUT2D eigenvalue weighted by molar-refractivity contribution is 0.131. The van der Waals surface area contributed by atoms with Gasteiger partial charge in [-0.3, -0.25) is 4.98 Å². The third-order valence-electron chi connectivity index (χ3n) is 3.62. The molecule has 1 fully saturated rings. The van der Waals surface area contributed by atoms with Crippen LogP contribution in [0.15, 0.2) is 24.5 Å². The van der Waals surface area contributed by atoms with Crippen molar-refractivity contribution in [1.82, 2.24) is 9.36 Å². The molecule has 1 saturated carbocycles. The number of rotatable bonds is 7. The molecular formula is C15H20N4OS. The van der Waals surface area contributed by atoms with Gasteiger partial charge in [0.15, 0.2) is 0 Å². The predicted octanol–water partition coefficient (Wildman–Crippen LogP) is 2.65. The Labute approximate surface area is 128 Å². The van der Waals surface area contributed by atoms with Gasteiger partial charge in [-0.25, -0.2) is 0 Å². The number of hydrogen-bond donors (Lipinski definition) is 1. The summed E-state index contributed by atoms with van der Waals surface area (Å²) in [6.45, 7) is 2.47. The largest absolute Gasteiger partial charge is 0.382 e. The Morgan fingerprint density at radius 2 is 2.33 bits per heavy atom. The molecule has 1 aliphatic carbocycles. The van der Waals surface area contributed by atoms with Crippen LogP contribution in [0.25, 0.3) is 11.1 Å². The highest BCUT2D eigenvalue weighted by molar-refractivity contribution is 7.11. The molecule has 0 aromatic carbocycles. The summed E-state index contributed by atoms with van der Waals surface area (Å²) in [6, 6.07) is 3.92. The van der Waals surface area contributed by atoms with Gasteiger partial charge in [-0.05, 0) is 36.4 Å². The molecule has 0 bridgehead atoms. The maximum Gasteiger partial charge on any atom is 0.147 e. The lowest BCUT2D eigenvalue weighted by Gasteiger charge is -2.18. The van der Waals surface area contributed by atoms with Crippen molar-refractivity contribution in [2.24, 2.45) is 5.92 Å². The van der Waals surface area contributed by atoms with E-state index in [1.54, 1.807) is 6.20 Å². The van der Waals surface area contributed by atoms with Crippen LogP contribution in [0.5, 0.6) is 0 Å². The number of hydrogen-bond acceptors (Lipinski definition) is 6. The van der Waals surface area contributed by atoms with Gasteiger partial charge in [-0.15, -0.1) is 0 Å². The summed E-state index contributed by atoms with van der Waals surface area (Å²) in [4.78, 5) is 6.32. The monoisotopic (exact) mass is 304 g/mol. The van der Waals surface area contributed by atoms with Crippen LogP contribution in [-0.2, 0) is 4.74 Å². The fourth-order valence-corrected chi connectivity index (χ4v) is 2.99. The van der Waals surface area contributed by atoms with Crippen LogP contribution in [0.1, 0.15) is 12.8 Å². The van der Waals surface area contributed by atoms with Crippen molar-refractivity contribution in [3.8, 4) is 11.1 Å². The molecule has 5 nitrogen and oxygen atoms in total. The second kappa shape index (κ2) is 6.41. The first-order chi connectivity index (χ1) is 10.3. The van der Waals surface area contributed by atoms with E-state index in [2.05, 4.69) is 14.3 Å². The van der Waals surface area contributed by atoms with E-state index in [-0.39, 0.29) is 0 Å². The fraction of sp³-hybridized carbons (Fsp3) is 0.467. The number of pyridine rings is 1. The molecule has 0 unspecified atom stereocenters. The average molecular weight is 304 g/mol. The zero-order valence-electron chi connectivity index (χ0n) is 12.2. The first kappa shape index (κ1) is 14.3. The van der Waals surface area contributed by atoms with Crippen LogP contribution in [0.2, 0.25) is 0 Å². The summed E-state index contributed by atoms with van der Waals surface area (Å²) in [5.41, 5.74) is 8.00. The molecule has 0 radical (unpaired) electrons. The van der Waals surface area contributed by atoms with Crippen molar-refractivity contribution < 1.29 is 4.74 Å². The lowest BCUT2D eigenvalue weighted by atomic mass is 10.1. The molecule has 1 aliphatic rings. The maximum atomic E-state index is 6.03. The van der Waals surface area contributed by atoms with Crippen molar-refractivity contribution in [2.75, 3.05) is 37.4 Å². The molecule has 3 rings (SSSR count). The third-order valence-corrected chi connectivity index (χ3v) is 4.60. The van der Waals surface area contributed by atoms with E-state index in [0.717, 1.165) is 41.8 Å². The van der Waals surface area contributed by atoms with Crippen LogP contribution in [0.3, 0.4) is 0 Å². The quantitative estimate of drug-likeness (QED) is 0.797. The summed E-state index contributed by atoms with van der Waals surface area (Å²) in [7, 11) is 2.05. The number of nitrogens with zero attached hydrogens (tertiary/aromatic N) is 3. The van der Waals surface area contributed by atoms with Gasteiger partial charge in [-0.1, -0.05) is 6.07 Å².